The number of hydrogen-bond donors (Lipinski definition) is 3. The second kappa shape index (κ2) is 9.97. The number of piperidine rings is 1. The number of nitrogens with one attached hydrogen (secondary N) is 2. The molecule has 7 nitrogen and oxygen atoms in total. The van der Waals surface area contributed by atoms with E-state index in [2.05, 4.69) is 32.7 Å². The summed E-state index contributed by atoms with van der Waals surface area (Å²) in [5, 5.41) is 16.7. The summed E-state index contributed by atoms with van der Waals surface area (Å²) in [6.07, 6.45) is 11.7. The lowest BCUT2D eigenvalue weighted by molar-refractivity contribution is 0.102. The van der Waals surface area contributed by atoms with Crippen LogP contribution >= 0.6 is 11.8 Å². The van der Waals surface area contributed by atoms with Crippen LogP contribution in [0.2, 0.25) is 0 Å². The second-order valence-corrected chi connectivity index (χ2v) is 12.5. The van der Waals surface area contributed by atoms with Gasteiger partial charge >= 0.3 is 0 Å². The lowest BCUT2D eigenvalue weighted by atomic mass is 9.93. The maximum absolute atomic E-state index is 13.4. The number of amides is 1. The lowest BCUT2D eigenvalue weighted by Crippen LogP contribution is -2.38. The van der Waals surface area contributed by atoms with Crippen molar-refractivity contribution >= 4 is 35.0 Å². The molecule has 188 valence electrons. The number of carbonyl (C=O) groups excluding carboxylic acids is 1. The van der Waals surface area contributed by atoms with Gasteiger partial charge in [0.2, 0.25) is 0 Å². The van der Waals surface area contributed by atoms with Gasteiger partial charge in [0, 0.05) is 28.9 Å². The molecule has 0 bridgehead atoms. The van der Waals surface area contributed by atoms with Gasteiger partial charge in [-0.15, -0.1) is 11.8 Å². The number of aliphatic hydroxyl groups is 1. The molecule has 1 aromatic carbocycles. The fourth-order valence-corrected chi connectivity index (χ4v) is 6.42. The molecule has 3 fully saturated rings. The number of thioether (sulfide) groups is 1. The van der Waals surface area contributed by atoms with E-state index >= 15 is 0 Å². The molecule has 0 atom stereocenters. The van der Waals surface area contributed by atoms with Crippen molar-refractivity contribution in [3.05, 3.63) is 36.2 Å². The summed E-state index contributed by atoms with van der Waals surface area (Å²) in [7, 11) is 0. The van der Waals surface area contributed by atoms with Crippen molar-refractivity contribution in [2.75, 3.05) is 35.2 Å². The van der Waals surface area contributed by atoms with Crippen molar-refractivity contribution in [3.63, 3.8) is 0 Å². The first-order valence-corrected chi connectivity index (χ1v) is 13.8. The monoisotopic (exact) mass is 495 g/mol. The molecule has 2 heterocycles. The summed E-state index contributed by atoms with van der Waals surface area (Å²) in [4.78, 5) is 26.2. The minimum absolute atomic E-state index is 0.0340. The van der Waals surface area contributed by atoms with Crippen LogP contribution in [0.1, 0.15) is 75.7 Å². The highest BCUT2D eigenvalue weighted by Crippen LogP contribution is 2.54. The van der Waals surface area contributed by atoms with Gasteiger partial charge in [0.25, 0.3) is 5.91 Å². The number of anilines is 3. The van der Waals surface area contributed by atoms with E-state index in [1.54, 1.807) is 6.20 Å². The SMILES string of the molecule is CC(C)(CO)Nc1cnc(C(=O)Nc2cccc(SC3CCCC3)c2)c(N2CCC3(CC2)CC3)n1. The number of aromatic nitrogens is 2. The quantitative estimate of drug-likeness (QED) is 0.456. The summed E-state index contributed by atoms with van der Waals surface area (Å²) < 4.78 is 0. The Balaban J connectivity index is 1.36. The molecule has 1 spiro atoms. The Hall–Kier alpha value is -2.32. The van der Waals surface area contributed by atoms with Crippen molar-refractivity contribution < 1.29 is 9.90 Å². The third-order valence-corrected chi connectivity index (χ3v) is 8.94. The molecule has 0 unspecified atom stereocenters. The Morgan fingerprint density at radius 2 is 1.94 bits per heavy atom. The molecule has 5 rings (SSSR count). The minimum atomic E-state index is -0.535. The van der Waals surface area contributed by atoms with Gasteiger partial charge in [0.1, 0.15) is 5.82 Å². The average Bonchev–Trinajstić information content (AvgIpc) is 3.39. The fraction of sp³-hybridized carbons (Fsp3) is 0.593. The fourth-order valence-electron chi connectivity index (χ4n) is 5.11. The highest BCUT2D eigenvalue weighted by atomic mass is 32.2. The summed E-state index contributed by atoms with van der Waals surface area (Å²) >= 11 is 1.91. The third kappa shape index (κ3) is 5.92. The van der Waals surface area contributed by atoms with Gasteiger partial charge < -0.3 is 20.6 Å². The molecule has 3 aliphatic rings. The molecule has 2 aromatic rings. The molecule has 1 aromatic heterocycles. The van der Waals surface area contributed by atoms with Crippen LogP contribution in [-0.2, 0) is 0 Å². The van der Waals surface area contributed by atoms with E-state index < -0.39 is 5.54 Å². The first-order chi connectivity index (χ1) is 16.8. The molecule has 1 saturated heterocycles. The van der Waals surface area contributed by atoms with E-state index in [4.69, 9.17) is 4.98 Å². The molecule has 2 saturated carbocycles. The molecule has 3 N–H and O–H groups in total. The van der Waals surface area contributed by atoms with Gasteiger partial charge in [-0.1, -0.05) is 18.9 Å². The predicted octanol–water partition coefficient (Wildman–Crippen LogP) is 5.33. The highest BCUT2D eigenvalue weighted by Gasteiger charge is 2.45. The van der Waals surface area contributed by atoms with Crippen LogP contribution in [0.4, 0.5) is 17.3 Å². The summed E-state index contributed by atoms with van der Waals surface area (Å²) in [6.45, 7) is 5.55. The molecule has 1 amide bonds. The largest absolute Gasteiger partial charge is 0.394 e. The van der Waals surface area contributed by atoms with E-state index in [1.165, 1.54) is 43.4 Å². The Labute approximate surface area is 212 Å². The van der Waals surface area contributed by atoms with Crippen LogP contribution in [0.15, 0.2) is 35.4 Å². The zero-order chi connectivity index (χ0) is 24.5. The topological polar surface area (TPSA) is 90.4 Å². The van der Waals surface area contributed by atoms with Gasteiger partial charge in [0.15, 0.2) is 11.5 Å². The van der Waals surface area contributed by atoms with E-state index in [1.807, 2.05) is 37.7 Å². The van der Waals surface area contributed by atoms with E-state index in [0.29, 0.717) is 28.0 Å². The number of carbonyl (C=O) groups is 1. The van der Waals surface area contributed by atoms with Crippen molar-refractivity contribution in [3.8, 4) is 0 Å². The van der Waals surface area contributed by atoms with Gasteiger partial charge in [-0.05, 0) is 76.0 Å². The summed E-state index contributed by atoms with van der Waals surface area (Å²) in [5.74, 6) is 0.945. The molecule has 1 aliphatic heterocycles. The molecule has 35 heavy (non-hydrogen) atoms. The van der Waals surface area contributed by atoms with Crippen molar-refractivity contribution in [1.82, 2.24) is 9.97 Å². The Bertz CT molecular complexity index is 1060. The highest BCUT2D eigenvalue weighted by molar-refractivity contribution is 8.00. The van der Waals surface area contributed by atoms with Crippen molar-refractivity contribution in [2.24, 2.45) is 5.41 Å². The Kier molecular flexibility index (Phi) is 6.95. The molecular formula is C27H37N5O2S. The predicted molar refractivity (Wildman–Crippen MR) is 142 cm³/mol. The first-order valence-electron chi connectivity index (χ1n) is 12.9. The zero-order valence-corrected chi connectivity index (χ0v) is 21.7. The second-order valence-electron chi connectivity index (χ2n) is 11.1. The number of hydrogen-bond acceptors (Lipinski definition) is 7. The normalized spacial score (nSPS) is 19.7. The smallest absolute Gasteiger partial charge is 0.278 e. The van der Waals surface area contributed by atoms with Crippen LogP contribution in [0, 0.1) is 5.41 Å². The standard InChI is InChI=1S/C27H37N5O2S/c1-26(2,18-33)31-22-17-28-23(24(30-22)32-14-12-27(10-11-27)13-15-32)25(34)29-19-6-5-9-21(16-19)35-20-7-3-4-8-20/h5-6,9,16-17,20,33H,3-4,7-8,10-15,18H2,1-2H3,(H,29,34)(H,30,31). The van der Waals surface area contributed by atoms with Gasteiger partial charge in [-0.3, -0.25) is 4.79 Å². The number of rotatable bonds is 8. The molecule has 8 heteroatoms. The third-order valence-electron chi connectivity index (χ3n) is 7.61. The van der Waals surface area contributed by atoms with Gasteiger partial charge in [-0.2, -0.15) is 0 Å². The van der Waals surface area contributed by atoms with Gasteiger partial charge in [0.05, 0.1) is 18.3 Å². The van der Waals surface area contributed by atoms with E-state index in [-0.39, 0.29) is 12.5 Å². The summed E-state index contributed by atoms with van der Waals surface area (Å²) in [5.41, 5.74) is 1.12. The van der Waals surface area contributed by atoms with Crippen molar-refractivity contribution in [1.29, 1.82) is 0 Å². The van der Waals surface area contributed by atoms with E-state index in [0.717, 1.165) is 31.6 Å². The van der Waals surface area contributed by atoms with Gasteiger partial charge in [-0.25, -0.2) is 9.97 Å². The first kappa shape index (κ1) is 24.4. The van der Waals surface area contributed by atoms with Crippen LogP contribution < -0.4 is 15.5 Å². The van der Waals surface area contributed by atoms with Crippen LogP contribution in [0.3, 0.4) is 0 Å². The van der Waals surface area contributed by atoms with E-state index in [9.17, 15) is 9.90 Å². The van der Waals surface area contributed by atoms with Crippen LogP contribution in [0.5, 0.6) is 0 Å². The van der Waals surface area contributed by atoms with Crippen LogP contribution in [0.25, 0.3) is 0 Å². The Morgan fingerprint density at radius 1 is 1.20 bits per heavy atom. The maximum atomic E-state index is 13.4. The Morgan fingerprint density at radius 3 is 2.63 bits per heavy atom. The molecular weight excluding hydrogens is 458 g/mol. The number of aliphatic hydroxyl groups excluding tert-OH is 1. The summed E-state index contributed by atoms with van der Waals surface area (Å²) in [6, 6.07) is 8.12. The lowest BCUT2D eigenvalue weighted by Gasteiger charge is -2.34. The van der Waals surface area contributed by atoms with Crippen molar-refractivity contribution in [2.45, 2.75) is 80.9 Å². The zero-order valence-electron chi connectivity index (χ0n) is 20.8. The molecule has 2 aliphatic carbocycles. The average molecular weight is 496 g/mol. The van der Waals surface area contributed by atoms with Crippen LogP contribution in [-0.4, -0.2) is 51.5 Å². The molecule has 0 radical (unpaired) electrons. The number of nitrogens with zero attached hydrogens (tertiary/aromatic N) is 3. The minimum Gasteiger partial charge on any atom is -0.394 e. The maximum Gasteiger partial charge on any atom is 0.278 e. The number of benzene rings is 1.